The predicted molar refractivity (Wildman–Crippen MR) is 81.5 cm³/mol. The molecule has 0 heterocycles. The maximum atomic E-state index is 11.7. The fourth-order valence-corrected chi connectivity index (χ4v) is 1.81. The molecule has 0 bridgehead atoms. The van der Waals surface area contributed by atoms with E-state index in [1.54, 1.807) is 0 Å². The molecule has 0 aliphatic heterocycles. The molecule has 22 heavy (non-hydrogen) atoms. The van der Waals surface area contributed by atoms with Crippen LogP contribution in [0.15, 0.2) is 54.6 Å². The molecule has 0 unspecified atom stereocenters. The van der Waals surface area contributed by atoms with Gasteiger partial charge in [0.2, 0.25) is 5.91 Å². The number of hydrogen-bond donors (Lipinski definition) is 1. The molecule has 114 valence electrons. The first kappa shape index (κ1) is 15.5. The van der Waals surface area contributed by atoms with Gasteiger partial charge in [0.1, 0.15) is 5.75 Å². The van der Waals surface area contributed by atoms with Gasteiger partial charge in [0.05, 0.1) is 18.0 Å². The number of hydrogen-bond acceptors (Lipinski definition) is 4. The minimum atomic E-state index is -0.471. The summed E-state index contributed by atoms with van der Waals surface area (Å²) in [5.41, 5.74) is 1.04. The highest BCUT2D eigenvalue weighted by molar-refractivity contribution is 5.75. The first-order chi connectivity index (χ1) is 10.6. The lowest BCUT2D eigenvalue weighted by molar-refractivity contribution is -0.384. The van der Waals surface area contributed by atoms with Crippen LogP contribution in [-0.2, 0) is 11.3 Å². The summed E-state index contributed by atoms with van der Waals surface area (Å²) in [4.78, 5) is 21.7. The van der Waals surface area contributed by atoms with Gasteiger partial charge in [0, 0.05) is 18.7 Å². The number of nitrogens with one attached hydrogen (secondary N) is 1. The van der Waals surface area contributed by atoms with E-state index in [1.165, 1.54) is 24.3 Å². The van der Waals surface area contributed by atoms with Crippen molar-refractivity contribution in [3.05, 3.63) is 70.3 Å². The molecule has 0 radical (unpaired) electrons. The van der Waals surface area contributed by atoms with Crippen LogP contribution < -0.4 is 10.1 Å². The fraction of sp³-hybridized carbons (Fsp3) is 0.188. The number of benzene rings is 2. The van der Waals surface area contributed by atoms with Crippen molar-refractivity contribution in [3.8, 4) is 5.75 Å². The number of carbonyl (C=O) groups excluding carboxylic acids is 1. The van der Waals surface area contributed by atoms with Crippen molar-refractivity contribution in [3.63, 3.8) is 0 Å². The van der Waals surface area contributed by atoms with Gasteiger partial charge in [-0.15, -0.1) is 0 Å². The van der Waals surface area contributed by atoms with Crippen molar-refractivity contribution in [2.24, 2.45) is 0 Å². The number of nitro benzene ring substituents is 1. The molecule has 2 rings (SSSR count). The van der Waals surface area contributed by atoms with Crippen molar-refractivity contribution >= 4 is 11.6 Å². The minimum absolute atomic E-state index is 0.00736. The largest absolute Gasteiger partial charge is 0.493 e. The van der Waals surface area contributed by atoms with Crippen molar-refractivity contribution in [2.45, 2.75) is 13.0 Å². The van der Waals surface area contributed by atoms with E-state index in [1.807, 2.05) is 30.3 Å². The Morgan fingerprint density at radius 1 is 1.09 bits per heavy atom. The summed E-state index contributed by atoms with van der Waals surface area (Å²) in [5.74, 6) is 0.396. The zero-order chi connectivity index (χ0) is 15.8. The van der Waals surface area contributed by atoms with Gasteiger partial charge in [-0.3, -0.25) is 14.9 Å². The number of carbonyl (C=O) groups is 1. The summed E-state index contributed by atoms with van der Waals surface area (Å²) in [5, 5.41) is 13.3. The molecule has 2 aromatic rings. The third kappa shape index (κ3) is 4.90. The summed E-state index contributed by atoms with van der Waals surface area (Å²) >= 11 is 0. The summed E-state index contributed by atoms with van der Waals surface area (Å²) in [6, 6.07) is 15.4. The van der Waals surface area contributed by atoms with Gasteiger partial charge in [0.15, 0.2) is 0 Å². The average Bonchev–Trinajstić information content (AvgIpc) is 2.54. The molecule has 1 N–H and O–H groups in total. The molecule has 0 saturated carbocycles. The first-order valence-electron chi connectivity index (χ1n) is 6.83. The third-order valence-electron chi connectivity index (χ3n) is 2.98. The van der Waals surface area contributed by atoms with E-state index in [0.29, 0.717) is 12.3 Å². The smallest absolute Gasteiger partial charge is 0.269 e. The highest BCUT2D eigenvalue weighted by Crippen LogP contribution is 2.17. The van der Waals surface area contributed by atoms with E-state index >= 15 is 0 Å². The van der Waals surface area contributed by atoms with Crippen LogP contribution in [0.3, 0.4) is 0 Å². The summed E-state index contributed by atoms with van der Waals surface area (Å²) in [6.07, 6.45) is 0.226. The van der Waals surface area contributed by atoms with Gasteiger partial charge < -0.3 is 10.1 Å². The molecule has 0 spiro atoms. The van der Waals surface area contributed by atoms with Gasteiger partial charge in [-0.2, -0.15) is 0 Å². The van der Waals surface area contributed by atoms with Crippen molar-refractivity contribution < 1.29 is 14.5 Å². The normalized spacial score (nSPS) is 10.0. The standard InChI is InChI=1S/C16H16N2O4/c19-16(17-12-13-4-2-1-3-5-13)10-11-22-15-8-6-14(7-9-15)18(20)21/h1-9H,10-12H2,(H,17,19). The van der Waals surface area contributed by atoms with E-state index < -0.39 is 4.92 Å². The zero-order valence-corrected chi connectivity index (χ0v) is 11.9. The molecular formula is C16H16N2O4. The predicted octanol–water partition coefficient (Wildman–Crippen LogP) is 2.68. The van der Waals surface area contributed by atoms with E-state index in [0.717, 1.165) is 5.56 Å². The van der Waals surface area contributed by atoms with Crippen molar-refractivity contribution in [2.75, 3.05) is 6.61 Å². The van der Waals surface area contributed by atoms with Gasteiger partial charge in [-0.25, -0.2) is 0 Å². The van der Waals surface area contributed by atoms with Gasteiger partial charge in [-0.05, 0) is 17.7 Å². The molecule has 2 aromatic carbocycles. The number of nitrogens with zero attached hydrogens (tertiary/aromatic N) is 1. The first-order valence-corrected chi connectivity index (χ1v) is 6.83. The number of ether oxygens (including phenoxy) is 1. The molecule has 0 aliphatic rings. The molecule has 6 nitrogen and oxygen atoms in total. The Labute approximate surface area is 127 Å². The van der Waals surface area contributed by atoms with E-state index in [2.05, 4.69) is 5.32 Å². The number of rotatable bonds is 7. The lowest BCUT2D eigenvalue weighted by Gasteiger charge is -2.07. The molecule has 0 atom stereocenters. The molecule has 1 amide bonds. The topological polar surface area (TPSA) is 81.5 Å². The van der Waals surface area contributed by atoms with E-state index in [-0.39, 0.29) is 24.6 Å². The van der Waals surface area contributed by atoms with Crippen LogP contribution in [0.25, 0.3) is 0 Å². The van der Waals surface area contributed by atoms with Gasteiger partial charge in [-0.1, -0.05) is 30.3 Å². The van der Waals surface area contributed by atoms with Crippen LogP contribution in [0.5, 0.6) is 5.75 Å². The van der Waals surface area contributed by atoms with Crippen LogP contribution in [0.4, 0.5) is 5.69 Å². The highest BCUT2D eigenvalue weighted by atomic mass is 16.6. The van der Waals surface area contributed by atoms with E-state index in [4.69, 9.17) is 4.74 Å². The Morgan fingerprint density at radius 2 is 1.77 bits per heavy atom. The minimum Gasteiger partial charge on any atom is -0.493 e. The maximum absolute atomic E-state index is 11.7. The second kappa shape index (κ2) is 7.78. The average molecular weight is 300 g/mol. The molecule has 0 fully saturated rings. The second-order valence-electron chi connectivity index (χ2n) is 4.61. The maximum Gasteiger partial charge on any atom is 0.269 e. The van der Waals surface area contributed by atoms with Gasteiger partial charge >= 0.3 is 0 Å². The molecular weight excluding hydrogens is 284 g/mol. The monoisotopic (exact) mass is 300 g/mol. The Kier molecular flexibility index (Phi) is 5.48. The molecule has 0 aliphatic carbocycles. The summed E-state index contributed by atoms with van der Waals surface area (Å²) in [7, 11) is 0. The molecule has 0 saturated heterocycles. The Bertz CT molecular complexity index is 626. The number of amides is 1. The highest BCUT2D eigenvalue weighted by Gasteiger charge is 2.05. The second-order valence-corrected chi connectivity index (χ2v) is 4.61. The lowest BCUT2D eigenvalue weighted by atomic mass is 10.2. The van der Waals surface area contributed by atoms with Crippen molar-refractivity contribution in [1.82, 2.24) is 5.32 Å². The van der Waals surface area contributed by atoms with E-state index in [9.17, 15) is 14.9 Å². The Morgan fingerprint density at radius 3 is 2.41 bits per heavy atom. The fourth-order valence-electron chi connectivity index (χ4n) is 1.81. The summed E-state index contributed by atoms with van der Waals surface area (Å²) < 4.78 is 5.38. The quantitative estimate of drug-likeness (QED) is 0.629. The molecule has 0 aromatic heterocycles. The van der Waals surface area contributed by atoms with Crippen LogP contribution in [0.1, 0.15) is 12.0 Å². The molecule has 6 heteroatoms. The van der Waals surface area contributed by atoms with Crippen LogP contribution >= 0.6 is 0 Å². The number of nitro groups is 1. The third-order valence-corrected chi connectivity index (χ3v) is 2.98. The summed E-state index contributed by atoms with van der Waals surface area (Å²) in [6.45, 7) is 0.704. The Hall–Kier alpha value is -2.89. The van der Waals surface area contributed by atoms with Crippen molar-refractivity contribution in [1.29, 1.82) is 0 Å². The van der Waals surface area contributed by atoms with Gasteiger partial charge in [0.25, 0.3) is 5.69 Å². The Balaban J connectivity index is 1.69. The van der Waals surface area contributed by atoms with Crippen LogP contribution in [-0.4, -0.2) is 17.4 Å². The zero-order valence-electron chi connectivity index (χ0n) is 11.9. The number of non-ortho nitro benzene ring substituents is 1. The van der Waals surface area contributed by atoms with Crippen LogP contribution in [0.2, 0.25) is 0 Å². The SMILES string of the molecule is O=C(CCOc1ccc([N+](=O)[O-])cc1)NCc1ccccc1. The lowest BCUT2D eigenvalue weighted by Crippen LogP contribution is -2.24. The van der Waals surface area contributed by atoms with Crippen LogP contribution in [0, 0.1) is 10.1 Å².